The molecule has 104 valence electrons. The smallest absolute Gasteiger partial charge is 0.344 e. The third kappa shape index (κ3) is 4.52. The summed E-state index contributed by atoms with van der Waals surface area (Å²) in [5.74, 6) is -0.260. The molecule has 1 aliphatic heterocycles. The summed E-state index contributed by atoms with van der Waals surface area (Å²) in [7, 11) is 2.01. The molecule has 0 N–H and O–H groups in total. The van der Waals surface area contributed by atoms with Gasteiger partial charge in [-0.15, -0.1) is 0 Å². The maximum absolute atomic E-state index is 12.7. The minimum atomic E-state index is -0.385. The first-order valence-corrected chi connectivity index (χ1v) is 6.40. The summed E-state index contributed by atoms with van der Waals surface area (Å²) in [6.45, 7) is 1.66. The molecule has 2 rings (SSSR count). The third-order valence-electron chi connectivity index (χ3n) is 3.05. The number of carbonyl (C=O) groups is 1. The lowest BCUT2D eigenvalue weighted by Gasteiger charge is -2.29. The van der Waals surface area contributed by atoms with Crippen molar-refractivity contribution >= 4 is 5.97 Å². The van der Waals surface area contributed by atoms with Crippen LogP contribution in [-0.2, 0) is 9.53 Å². The van der Waals surface area contributed by atoms with Crippen LogP contribution in [0.25, 0.3) is 0 Å². The van der Waals surface area contributed by atoms with Crippen molar-refractivity contribution in [2.75, 3.05) is 26.7 Å². The second kappa shape index (κ2) is 6.52. The van der Waals surface area contributed by atoms with Crippen molar-refractivity contribution < 1.29 is 18.7 Å². The Labute approximate surface area is 112 Å². The van der Waals surface area contributed by atoms with Crippen molar-refractivity contribution in [2.24, 2.45) is 0 Å². The van der Waals surface area contributed by atoms with Crippen LogP contribution in [0.2, 0.25) is 0 Å². The maximum Gasteiger partial charge on any atom is 0.344 e. The molecule has 4 nitrogen and oxygen atoms in total. The molecule has 0 spiro atoms. The van der Waals surface area contributed by atoms with Gasteiger partial charge in [-0.05, 0) is 50.7 Å². The van der Waals surface area contributed by atoms with Crippen LogP contribution >= 0.6 is 0 Å². The Morgan fingerprint density at radius 2 is 2.16 bits per heavy atom. The molecule has 19 heavy (non-hydrogen) atoms. The lowest BCUT2D eigenvalue weighted by atomic mass is 10.1. The highest BCUT2D eigenvalue weighted by Gasteiger charge is 2.20. The number of hydrogen-bond acceptors (Lipinski definition) is 4. The maximum atomic E-state index is 12.7. The molecule has 1 aromatic carbocycles. The van der Waals surface area contributed by atoms with Crippen molar-refractivity contribution in [3.05, 3.63) is 30.1 Å². The van der Waals surface area contributed by atoms with E-state index in [4.69, 9.17) is 9.47 Å². The Kier molecular flexibility index (Phi) is 4.74. The molecule has 0 aliphatic carbocycles. The van der Waals surface area contributed by atoms with Gasteiger partial charge in [-0.1, -0.05) is 0 Å². The van der Waals surface area contributed by atoms with E-state index in [1.165, 1.54) is 24.3 Å². The number of ether oxygens (including phenoxy) is 2. The molecular weight excluding hydrogens is 249 g/mol. The zero-order valence-corrected chi connectivity index (χ0v) is 11.0. The van der Waals surface area contributed by atoms with Gasteiger partial charge in [0.1, 0.15) is 17.7 Å². The van der Waals surface area contributed by atoms with E-state index in [0.29, 0.717) is 5.75 Å². The fourth-order valence-electron chi connectivity index (χ4n) is 2.11. The van der Waals surface area contributed by atoms with E-state index in [-0.39, 0.29) is 24.5 Å². The third-order valence-corrected chi connectivity index (χ3v) is 3.05. The van der Waals surface area contributed by atoms with E-state index in [1.54, 1.807) is 0 Å². The molecule has 0 saturated carbocycles. The summed E-state index contributed by atoms with van der Waals surface area (Å²) in [5.41, 5.74) is 0. The fraction of sp³-hybridized carbons (Fsp3) is 0.500. The predicted octanol–water partition coefficient (Wildman–Crippen LogP) is 1.84. The normalized spacial score (nSPS) is 20.0. The zero-order valence-electron chi connectivity index (χ0n) is 11.0. The molecule has 1 heterocycles. The molecule has 0 radical (unpaired) electrons. The molecule has 1 fully saturated rings. The van der Waals surface area contributed by atoms with Gasteiger partial charge in [-0.25, -0.2) is 9.18 Å². The van der Waals surface area contributed by atoms with E-state index < -0.39 is 0 Å². The van der Waals surface area contributed by atoms with Crippen LogP contribution in [-0.4, -0.2) is 43.7 Å². The first kappa shape index (κ1) is 13.8. The summed E-state index contributed by atoms with van der Waals surface area (Å²) in [5, 5.41) is 0. The topological polar surface area (TPSA) is 38.8 Å². The van der Waals surface area contributed by atoms with Crippen molar-refractivity contribution in [3.63, 3.8) is 0 Å². The Hall–Kier alpha value is -1.62. The Morgan fingerprint density at radius 1 is 1.42 bits per heavy atom. The van der Waals surface area contributed by atoms with Gasteiger partial charge in [0.05, 0.1) is 0 Å². The van der Waals surface area contributed by atoms with Crippen LogP contribution < -0.4 is 4.74 Å². The summed E-state index contributed by atoms with van der Waals surface area (Å²) in [6.07, 6.45) is 1.88. The average molecular weight is 267 g/mol. The molecule has 1 saturated heterocycles. The number of halogens is 1. The van der Waals surface area contributed by atoms with Crippen molar-refractivity contribution in [1.29, 1.82) is 0 Å². The quantitative estimate of drug-likeness (QED) is 0.780. The Morgan fingerprint density at radius 3 is 2.84 bits per heavy atom. The second-order valence-corrected chi connectivity index (χ2v) is 4.76. The van der Waals surface area contributed by atoms with Crippen LogP contribution in [0.5, 0.6) is 5.75 Å². The molecule has 1 aliphatic rings. The predicted molar refractivity (Wildman–Crippen MR) is 68.5 cm³/mol. The Balaban J connectivity index is 1.73. The number of benzene rings is 1. The van der Waals surface area contributed by atoms with Gasteiger partial charge >= 0.3 is 5.97 Å². The fourth-order valence-corrected chi connectivity index (χ4v) is 2.11. The van der Waals surface area contributed by atoms with Gasteiger partial charge in [0.2, 0.25) is 0 Å². The summed E-state index contributed by atoms with van der Waals surface area (Å²) >= 11 is 0. The first-order chi connectivity index (χ1) is 9.13. The van der Waals surface area contributed by atoms with Crippen LogP contribution in [0.15, 0.2) is 24.3 Å². The summed E-state index contributed by atoms with van der Waals surface area (Å²) in [6, 6.07) is 5.54. The number of carbonyl (C=O) groups excluding carboxylic acids is 1. The highest BCUT2D eigenvalue weighted by molar-refractivity contribution is 5.71. The molecular formula is C14H18FNO3. The SMILES string of the molecule is CN1CCC[C@@H](OC(=O)COc2ccc(F)cc2)C1. The van der Waals surface area contributed by atoms with E-state index in [9.17, 15) is 9.18 Å². The van der Waals surface area contributed by atoms with Crippen LogP contribution in [0, 0.1) is 5.82 Å². The van der Waals surface area contributed by atoms with Gasteiger partial charge in [0.25, 0.3) is 0 Å². The lowest BCUT2D eigenvalue weighted by Crippen LogP contribution is -2.38. The molecule has 0 bridgehead atoms. The Bertz CT molecular complexity index is 421. The molecule has 0 amide bonds. The number of piperidine rings is 1. The molecule has 0 aromatic heterocycles. The van der Waals surface area contributed by atoms with Gasteiger partial charge < -0.3 is 14.4 Å². The van der Waals surface area contributed by atoms with Crippen molar-refractivity contribution in [3.8, 4) is 5.75 Å². The highest BCUT2D eigenvalue weighted by atomic mass is 19.1. The number of esters is 1. The number of likely N-dealkylation sites (N-methyl/N-ethyl adjacent to an activating group) is 1. The van der Waals surface area contributed by atoms with E-state index in [0.717, 1.165) is 25.9 Å². The van der Waals surface area contributed by atoms with Crippen LogP contribution in [0.4, 0.5) is 4.39 Å². The average Bonchev–Trinajstić information content (AvgIpc) is 2.38. The number of hydrogen-bond donors (Lipinski definition) is 0. The second-order valence-electron chi connectivity index (χ2n) is 4.76. The van der Waals surface area contributed by atoms with E-state index in [1.807, 2.05) is 7.05 Å². The minimum Gasteiger partial charge on any atom is -0.482 e. The van der Waals surface area contributed by atoms with Gasteiger partial charge in [0, 0.05) is 6.54 Å². The van der Waals surface area contributed by atoms with Crippen molar-refractivity contribution in [2.45, 2.75) is 18.9 Å². The molecule has 1 aromatic rings. The minimum absolute atomic E-state index is 0.0527. The van der Waals surface area contributed by atoms with Gasteiger partial charge in [0.15, 0.2) is 6.61 Å². The molecule has 1 atom stereocenters. The van der Waals surface area contributed by atoms with E-state index >= 15 is 0 Å². The van der Waals surface area contributed by atoms with Gasteiger partial charge in [-0.3, -0.25) is 0 Å². The standard InChI is InChI=1S/C14H18FNO3/c1-16-8-2-3-13(9-16)19-14(17)10-18-12-6-4-11(15)5-7-12/h4-7,13H,2-3,8-10H2,1H3/t13-/m1/s1. The molecule has 0 unspecified atom stereocenters. The zero-order chi connectivity index (χ0) is 13.7. The van der Waals surface area contributed by atoms with Gasteiger partial charge in [-0.2, -0.15) is 0 Å². The monoisotopic (exact) mass is 267 g/mol. The number of rotatable bonds is 4. The van der Waals surface area contributed by atoms with Crippen LogP contribution in [0.1, 0.15) is 12.8 Å². The van der Waals surface area contributed by atoms with Crippen molar-refractivity contribution in [1.82, 2.24) is 4.90 Å². The number of nitrogens with zero attached hydrogens (tertiary/aromatic N) is 1. The largest absolute Gasteiger partial charge is 0.482 e. The summed E-state index contributed by atoms with van der Waals surface area (Å²) in [4.78, 5) is 13.8. The number of likely N-dealkylation sites (tertiary alicyclic amines) is 1. The highest BCUT2D eigenvalue weighted by Crippen LogP contribution is 2.13. The van der Waals surface area contributed by atoms with E-state index in [2.05, 4.69) is 4.90 Å². The summed E-state index contributed by atoms with van der Waals surface area (Å²) < 4.78 is 23.2. The first-order valence-electron chi connectivity index (χ1n) is 6.40. The lowest BCUT2D eigenvalue weighted by molar-refractivity contribution is -0.153. The van der Waals surface area contributed by atoms with Crippen LogP contribution in [0.3, 0.4) is 0 Å². The molecule has 5 heteroatoms.